The molecule has 0 amide bonds. The van der Waals surface area contributed by atoms with Crippen molar-refractivity contribution >= 4 is 0 Å². The maximum atomic E-state index is 6.82. The molecule has 1 aliphatic heterocycles. The highest BCUT2D eigenvalue weighted by Crippen LogP contribution is 2.45. The van der Waals surface area contributed by atoms with E-state index in [9.17, 15) is 0 Å². The average molecular weight is 501 g/mol. The molecule has 1 fully saturated rings. The molecule has 4 aromatic carbocycles. The minimum Gasteiger partial charge on any atom is -0.349 e. The molecule has 0 spiro atoms. The van der Waals surface area contributed by atoms with Crippen LogP contribution >= 0.6 is 0 Å². The highest BCUT2D eigenvalue weighted by molar-refractivity contribution is 5.42. The Morgan fingerprint density at radius 1 is 0.763 bits per heavy atom. The summed E-state index contributed by atoms with van der Waals surface area (Å²) in [6, 6.07) is 42.7. The molecule has 1 atom stereocenters. The van der Waals surface area contributed by atoms with Gasteiger partial charge in [-0.15, -0.1) is 5.73 Å². The van der Waals surface area contributed by atoms with Crippen LogP contribution in [0.2, 0.25) is 0 Å². The normalized spacial score (nSPS) is 18.9. The Bertz CT molecular complexity index is 1250. The van der Waals surface area contributed by atoms with Crippen molar-refractivity contribution in [1.82, 2.24) is 0 Å². The van der Waals surface area contributed by atoms with Crippen molar-refractivity contribution in [2.45, 2.75) is 42.8 Å². The van der Waals surface area contributed by atoms with E-state index < -0.39 is 5.79 Å². The number of ether oxygens (including phenoxy) is 2. The van der Waals surface area contributed by atoms with E-state index in [2.05, 4.69) is 141 Å². The van der Waals surface area contributed by atoms with Crippen LogP contribution in [-0.4, -0.2) is 19.0 Å². The molecule has 0 unspecified atom stereocenters. The lowest BCUT2D eigenvalue weighted by Crippen LogP contribution is -2.49. The van der Waals surface area contributed by atoms with Gasteiger partial charge in [0.1, 0.15) is 0 Å². The second kappa shape index (κ2) is 11.4. The topological polar surface area (TPSA) is 18.5 Å². The summed E-state index contributed by atoms with van der Waals surface area (Å²) in [6.45, 7) is 6.99. The summed E-state index contributed by atoms with van der Waals surface area (Å²) >= 11 is 0. The molecule has 0 bridgehead atoms. The molecule has 1 aliphatic rings. The lowest BCUT2D eigenvalue weighted by Gasteiger charge is -2.47. The van der Waals surface area contributed by atoms with Crippen molar-refractivity contribution in [2.24, 2.45) is 0 Å². The summed E-state index contributed by atoms with van der Waals surface area (Å²) in [7, 11) is 0. The van der Waals surface area contributed by atoms with Crippen LogP contribution in [0.4, 0.5) is 0 Å². The van der Waals surface area contributed by atoms with Crippen LogP contribution in [0, 0.1) is 0 Å². The van der Waals surface area contributed by atoms with Gasteiger partial charge in [-0.2, -0.15) is 0 Å². The first-order chi connectivity index (χ1) is 18.6. The molecule has 0 aliphatic carbocycles. The van der Waals surface area contributed by atoms with E-state index in [0.717, 1.165) is 19.3 Å². The van der Waals surface area contributed by atoms with E-state index in [1.165, 1.54) is 22.3 Å². The van der Waals surface area contributed by atoms with Crippen molar-refractivity contribution < 1.29 is 9.47 Å². The zero-order valence-electron chi connectivity index (χ0n) is 22.2. The van der Waals surface area contributed by atoms with Crippen LogP contribution in [-0.2, 0) is 20.3 Å². The van der Waals surface area contributed by atoms with E-state index in [-0.39, 0.29) is 10.8 Å². The Morgan fingerprint density at radius 2 is 1.24 bits per heavy atom. The highest BCUT2D eigenvalue weighted by atomic mass is 16.7. The van der Waals surface area contributed by atoms with E-state index >= 15 is 0 Å². The maximum Gasteiger partial charge on any atom is 0.165 e. The van der Waals surface area contributed by atoms with Gasteiger partial charge in [0.15, 0.2) is 5.79 Å². The van der Waals surface area contributed by atoms with E-state index in [1.807, 2.05) is 6.08 Å². The van der Waals surface area contributed by atoms with Gasteiger partial charge in [-0.25, -0.2) is 0 Å². The summed E-state index contributed by atoms with van der Waals surface area (Å²) in [5.41, 5.74) is 7.40. The Labute approximate surface area is 227 Å². The highest BCUT2D eigenvalue weighted by Gasteiger charge is 2.45. The number of rotatable bonds is 9. The molecule has 1 heterocycles. The first-order valence-corrected chi connectivity index (χ1v) is 13.4. The third kappa shape index (κ3) is 5.17. The second-order valence-corrected chi connectivity index (χ2v) is 10.5. The first-order valence-electron chi connectivity index (χ1n) is 13.4. The summed E-state index contributed by atoms with van der Waals surface area (Å²) in [6.07, 6.45) is 4.48. The SMILES string of the molecule is C=C=CCC(CO[C@@]1(C)CCC(c2ccccc2)(c2ccccc2)CO1)(c1ccccc1)c1ccccc1. The van der Waals surface area contributed by atoms with E-state index in [0.29, 0.717) is 13.2 Å². The predicted octanol–water partition coefficient (Wildman–Crippen LogP) is 8.23. The van der Waals surface area contributed by atoms with Crippen LogP contribution in [0.1, 0.15) is 48.4 Å². The Kier molecular flexibility index (Phi) is 7.77. The molecular formula is C36H36O2. The minimum absolute atomic E-state index is 0.201. The lowest BCUT2D eigenvalue weighted by atomic mass is 9.69. The van der Waals surface area contributed by atoms with Crippen LogP contribution < -0.4 is 0 Å². The van der Waals surface area contributed by atoms with Gasteiger partial charge in [0.2, 0.25) is 0 Å². The van der Waals surface area contributed by atoms with Gasteiger partial charge in [0, 0.05) is 17.3 Å². The third-order valence-electron chi connectivity index (χ3n) is 8.15. The van der Waals surface area contributed by atoms with Crippen LogP contribution in [0.5, 0.6) is 0 Å². The van der Waals surface area contributed by atoms with Crippen LogP contribution in [0.3, 0.4) is 0 Å². The van der Waals surface area contributed by atoms with Gasteiger partial charge in [-0.1, -0.05) is 128 Å². The molecule has 0 radical (unpaired) electrons. The standard InChI is InChI=1S/C36H36O2/c1-3-4-25-35(30-17-9-5-10-18-30,31-19-11-6-12-20-31)28-37-34(2)26-27-36(29-38-34,32-21-13-7-14-22-32)33-23-15-8-16-24-33/h4-24H,1,25-29H2,2H3/t34-/m1/s1. The Balaban J connectivity index is 1.44. The Hall–Kier alpha value is -3.68. The predicted molar refractivity (Wildman–Crippen MR) is 155 cm³/mol. The van der Waals surface area contributed by atoms with E-state index in [1.54, 1.807) is 0 Å². The fraction of sp³-hybridized carbons (Fsp3) is 0.250. The molecular weight excluding hydrogens is 464 g/mol. The number of hydrogen-bond acceptors (Lipinski definition) is 2. The molecule has 0 N–H and O–H groups in total. The number of benzene rings is 4. The van der Waals surface area contributed by atoms with E-state index in [4.69, 9.17) is 9.47 Å². The smallest absolute Gasteiger partial charge is 0.165 e. The third-order valence-corrected chi connectivity index (χ3v) is 8.15. The zero-order valence-corrected chi connectivity index (χ0v) is 22.2. The van der Waals surface area contributed by atoms with Crippen molar-refractivity contribution in [1.29, 1.82) is 0 Å². The van der Waals surface area contributed by atoms with Gasteiger partial charge in [-0.3, -0.25) is 0 Å². The molecule has 2 nitrogen and oxygen atoms in total. The summed E-state index contributed by atoms with van der Waals surface area (Å²) in [5, 5.41) is 0. The molecule has 0 saturated carbocycles. The summed E-state index contributed by atoms with van der Waals surface area (Å²) in [4.78, 5) is 0. The van der Waals surface area contributed by atoms with Crippen LogP contribution in [0.25, 0.3) is 0 Å². The Morgan fingerprint density at radius 3 is 1.66 bits per heavy atom. The van der Waals surface area contributed by atoms with Crippen molar-refractivity contribution in [2.75, 3.05) is 13.2 Å². The van der Waals surface area contributed by atoms with Crippen molar-refractivity contribution in [3.05, 3.63) is 162 Å². The van der Waals surface area contributed by atoms with Crippen LogP contribution in [0.15, 0.2) is 140 Å². The number of hydrogen-bond donors (Lipinski definition) is 0. The monoisotopic (exact) mass is 500 g/mol. The van der Waals surface area contributed by atoms with Gasteiger partial charge < -0.3 is 9.47 Å². The fourth-order valence-corrected chi connectivity index (χ4v) is 5.78. The molecule has 1 saturated heterocycles. The van der Waals surface area contributed by atoms with Crippen molar-refractivity contribution in [3.8, 4) is 0 Å². The number of allylic oxidation sites excluding steroid dienone is 1. The minimum atomic E-state index is -0.695. The average Bonchev–Trinajstić information content (AvgIpc) is 3.00. The van der Waals surface area contributed by atoms with Gasteiger partial charge >= 0.3 is 0 Å². The van der Waals surface area contributed by atoms with Crippen molar-refractivity contribution in [3.63, 3.8) is 0 Å². The molecule has 4 aromatic rings. The molecule has 192 valence electrons. The fourth-order valence-electron chi connectivity index (χ4n) is 5.78. The first kappa shape index (κ1) is 25.9. The second-order valence-electron chi connectivity index (χ2n) is 10.5. The molecule has 38 heavy (non-hydrogen) atoms. The summed E-state index contributed by atoms with van der Waals surface area (Å²) < 4.78 is 13.5. The van der Waals surface area contributed by atoms with Gasteiger partial charge in [0.05, 0.1) is 13.2 Å². The largest absolute Gasteiger partial charge is 0.349 e. The summed E-state index contributed by atoms with van der Waals surface area (Å²) in [5.74, 6) is -0.695. The molecule has 0 aromatic heterocycles. The molecule has 5 rings (SSSR count). The lowest BCUT2D eigenvalue weighted by molar-refractivity contribution is -0.259. The zero-order chi connectivity index (χ0) is 26.3. The maximum absolute atomic E-state index is 6.82. The quantitative estimate of drug-likeness (QED) is 0.216. The molecule has 2 heteroatoms. The van der Waals surface area contributed by atoms with Gasteiger partial charge in [0.25, 0.3) is 0 Å². The van der Waals surface area contributed by atoms with Gasteiger partial charge in [-0.05, 0) is 48.1 Å².